The van der Waals surface area contributed by atoms with Gasteiger partial charge in [-0.1, -0.05) is 11.6 Å². The van der Waals surface area contributed by atoms with Gasteiger partial charge in [0.1, 0.15) is 0 Å². The number of nitrogens with one attached hydrogen (secondary N) is 1. The van der Waals surface area contributed by atoms with Gasteiger partial charge in [-0.15, -0.1) is 0 Å². The summed E-state index contributed by atoms with van der Waals surface area (Å²) in [4.78, 5) is 0. The minimum atomic E-state index is -4.41. The minimum absolute atomic E-state index is 0.258. The Labute approximate surface area is 126 Å². The van der Waals surface area contributed by atoms with Crippen LogP contribution in [-0.2, 0) is 6.18 Å². The van der Waals surface area contributed by atoms with Crippen molar-refractivity contribution < 1.29 is 13.2 Å². The highest BCUT2D eigenvalue weighted by Crippen LogP contribution is 2.36. The summed E-state index contributed by atoms with van der Waals surface area (Å²) >= 11 is 9.03. The topological polar surface area (TPSA) is 38.0 Å². The average Bonchev–Trinajstić information content (AvgIpc) is 2.35. The standard InChI is InChI=1S/C13H9BrClF3N2/c14-9-3-1-7(13(16,17)18)5-11(9)20-12-6-8(15)2-4-10(12)19/h1-6,20H,19H2. The number of hydrogen-bond acceptors (Lipinski definition) is 2. The highest BCUT2D eigenvalue weighted by atomic mass is 79.9. The molecule has 2 aromatic rings. The lowest BCUT2D eigenvalue weighted by Gasteiger charge is -2.14. The third-order valence-corrected chi connectivity index (χ3v) is 3.50. The molecule has 2 rings (SSSR count). The van der Waals surface area contributed by atoms with Crippen LogP contribution in [0, 0.1) is 0 Å². The molecule has 0 saturated heterocycles. The van der Waals surface area contributed by atoms with E-state index >= 15 is 0 Å². The van der Waals surface area contributed by atoms with Crippen LogP contribution in [0.5, 0.6) is 0 Å². The van der Waals surface area contributed by atoms with Crippen molar-refractivity contribution >= 4 is 44.6 Å². The molecular weight excluding hydrogens is 357 g/mol. The Hall–Kier alpha value is -1.40. The molecule has 2 nitrogen and oxygen atoms in total. The fraction of sp³-hybridized carbons (Fsp3) is 0.0769. The normalized spacial score (nSPS) is 11.4. The van der Waals surface area contributed by atoms with Crippen molar-refractivity contribution in [2.24, 2.45) is 0 Å². The lowest BCUT2D eigenvalue weighted by molar-refractivity contribution is -0.137. The van der Waals surface area contributed by atoms with Crippen LogP contribution in [-0.4, -0.2) is 0 Å². The Balaban J connectivity index is 2.40. The Morgan fingerprint density at radius 1 is 1.05 bits per heavy atom. The maximum atomic E-state index is 12.7. The van der Waals surface area contributed by atoms with Gasteiger partial charge in [0, 0.05) is 9.50 Å². The molecule has 0 amide bonds. The van der Waals surface area contributed by atoms with Crippen LogP contribution in [0.15, 0.2) is 40.9 Å². The molecule has 0 fully saturated rings. The quantitative estimate of drug-likeness (QED) is 0.695. The van der Waals surface area contributed by atoms with Gasteiger partial charge in [0.05, 0.1) is 22.6 Å². The molecular formula is C13H9BrClF3N2. The highest BCUT2D eigenvalue weighted by Gasteiger charge is 2.30. The maximum Gasteiger partial charge on any atom is 0.416 e. The Kier molecular flexibility index (Phi) is 4.15. The van der Waals surface area contributed by atoms with Crippen LogP contribution in [0.1, 0.15) is 5.56 Å². The molecule has 7 heteroatoms. The number of nitrogens with two attached hydrogens (primary N) is 1. The predicted molar refractivity (Wildman–Crippen MR) is 78.3 cm³/mol. The molecule has 0 bridgehead atoms. The van der Waals surface area contributed by atoms with Crippen molar-refractivity contribution in [3.63, 3.8) is 0 Å². The lowest BCUT2D eigenvalue weighted by Crippen LogP contribution is -2.06. The second-order valence-corrected chi connectivity index (χ2v) is 5.34. The Bertz CT molecular complexity index is 644. The first-order chi connectivity index (χ1) is 9.27. The zero-order chi connectivity index (χ0) is 14.9. The fourth-order valence-electron chi connectivity index (χ4n) is 1.58. The van der Waals surface area contributed by atoms with E-state index in [0.29, 0.717) is 20.9 Å². The third kappa shape index (κ3) is 3.37. The highest BCUT2D eigenvalue weighted by molar-refractivity contribution is 9.10. The summed E-state index contributed by atoms with van der Waals surface area (Å²) in [5.41, 5.74) is 6.09. The molecule has 0 aliphatic carbocycles. The lowest BCUT2D eigenvalue weighted by atomic mass is 10.2. The van der Waals surface area contributed by atoms with Gasteiger partial charge < -0.3 is 11.1 Å². The molecule has 0 radical (unpaired) electrons. The van der Waals surface area contributed by atoms with Crippen LogP contribution in [0.4, 0.5) is 30.2 Å². The number of halogens is 5. The number of rotatable bonds is 2. The summed E-state index contributed by atoms with van der Waals surface area (Å²) in [5, 5.41) is 3.27. The van der Waals surface area contributed by atoms with E-state index in [1.54, 1.807) is 18.2 Å². The van der Waals surface area contributed by atoms with E-state index < -0.39 is 11.7 Å². The average molecular weight is 366 g/mol. The Morgan fingerprint density at radius 2 is 1.75 bits per heavy atom. The van der Waals surface area contributed by atoms with E-state index in [-0.39, 0.29) is 5.69 Å². The molecule has 3 N–H and O–H groups in total. The van der Waals surface area contributed by atoms with Crippen LogP contribution >= 0.6 is 27.5 Å². The summed E-state index contributed by atoms with van der Waals surface area (Å²) in [6.07, 6.45) is -4.41. The number of anilines is 3. The molecule has 0 atom stereocenters. The molecule has 106 valence electrons. The summed E-state index contributed by atoms with van der Waals surface area (Å²) < 4.78 is 38.6. The maximum absolute atomic E-state index is 12.7. The first-order valence-electron chi connectivity index (χ1n) is 5.46. The second-order valence-electron chi connectivity index (χ2n) is 4.05. The molecule has 0 heterocycles. The largest absolute Gasteiger partial charge is 0.416 e. The van der Waals surface area contributed by atoms with E-state index in [1.165, 1.54) is 6.07 Å². The third-order valence-electron chi connectivity index (χ3n) is 2.58. The van der Waals surface area contributed by atoms with Gasteiger partial charge in [0.25, 0.3) is 0 Å². The van der Waals surface area contributed by atoms with Crippen molar-refractivity contribution in [1.29, 1.82) is 0 Å². The molecule has 0 aromatic heterocycles. The molecule has 20 heavy (non-hydrogen) atoms. The van der Waals surface area contributed by atoms with Crippen molar-refractivity contribution in [3.8, 4) is 0 Å². The van der Waals surface area contributed by atoms with Crippen molar-refractivity contribution in [2.45, 2.75) is 6.18 Å². The van der Waals surface area contributed by atoms with Crippen molar-refractivity contribution in [3.05, 3.63) is 51.5 Å². The van der Waals surface area contributed by atoms with Gasteiger partial charge in [0.2, 0.25) is 0 Å². The zero-order valence-electron chi connectivity index (χ0n) is 9.93. The summed E-state index contributed by atoms with van der Waals surface area (Å²) in [5.74, 6) is 0. The van der Waals surface area contributed by atoms with Crippen LogP contribution in [0.2, 0.25) is 5.02 Å². The van der Waals surface area contributed by atoms with Gasteiger partial charge >= 0.3 is 6.18 Å². The SMILES string of the molecule is Nc1ccc(Cl)cc1Nc1cc(C(F)(F)F)ccc1Br. The van der Waals surface area contributed by atoms with Gasteiger partial charge in [-0.3, -0.25) is 0 Å². The predicted octanol–water partition coefficient (Wildman–Crippen LogP) is 5.45. The molecule has 0 saturated carbocycles. The van der Waals surface area contributed by atoms with Crippen LogP contribution in [0.25, 0.3) is 0 Å². The summed E-state index contributed by atoms with van der Waals surface area (Å²) in [7, 11) is 0. The van der Waals surface area contributed by atoms with Crippen LogP contribution in [0.3, 0.4) is 0 Å². The van der Waals surface area contributed by atoms with Gasteiger partial charge in [0.15, 0.2) is 0 Å². The Morgan fingerprint density at radius 3 is 2.40 bits per heavy atom. The van der Waals surface area contributed by atoms with Crippen molar-refractivity contribution in [1.82, 2.24) is 0 Å². The minimum Gasteiger partial charge on any atom is -0.397 e. The summed E-state index contributed by atoms with van der Waals surface area (Å²) in [6.45, 7) is 0. The van der Waals surface area contributed by atoms with E-state index in [4.69, 9.17) is 17.3 Å². The molecule has 0 aliphatic rings. The van der Waals surface area contributed by atoms with E-state index in [9.17, 15) is 13.2 Å². The first kappa shape index (κ1) is 15.0. The van der Waals surface area contributed by atoms with E-state index in [1.807, 2.05) is 0 Å². The molecule has 0 spiro atoms. The second kappa shape index (κ2) is 5.54. The van der Waals surface area contributed by atoms with Gasteiger partial charge in [-0.2, -0.15) is 13.2 Å². The summed E-state index contributed by atoms with van der Waals surface area (Å²) in [6, 6.07) is 8.05. The van der Waals surface area contributed by atoms with Gasteiger partial charge in [-0.25, -0.2) is 0 Å². The smallest absolute Gasteiger partial charge is 0.397 e. The number of hydrogen-bond donors (Lipinski definition) is 2. The first-order valence-corrected chi connectivity index (χ1v) is 6.63. The van der Waals surface area contributed by atoms with E-state index in [0.717, 1.165) is 12.1 Å². The number of alkyl halides is 3. The van der Waals surface area contributed by atoms with Crippen molar-refractivity contribution in [2.75, 3.05) is 11.1 Å². The van der Waals surface area contributed by atoms with Crippen LogP contribution < -0.4 is 11.1 Å². The number of benzene rings is 2. The van der Waals surface area contributed by atoms with Gasteiger partial charge in [-0.05, 0) is 52.3 Å². The monoisotopic (exact) mass is 364 g/mol. The molecule has 2 aromatic carbocycles. The molecule has 0 aliphatic heterocycles. The number of nitrogen functional groups attached to an aromatic ring is 1. The fourth-order valence-corrected chi connectivity index (χ4v) is 2.10. The zero-order valence-corrected chi connectivity index (χ0v) is 12.3. The molecule has 0 unspecified atom stereocenters. The van der Waals surface area contributed by atoms with E-state index in [2.05, 4.69) is 21.2 Å².